The molecule has 2 nitrogen and oxygen atoms in total. The summed E-state index contributed by atoms with van der Waals surface area (Å²) in [7, 11) is 0. The van der Waals surface area contributed by atoms with Crippen LogP contribution in [0.15, 0.2) is 22.7 Å². The number of hydrogen-bond donors (Lipinski definition) is 1. The molecule has 64 valence electrons. The largest absolute Gasteiger partial charge is 0.399 e. The highest BCUT2D eigenvalue weighted by Gasteiger charge is 2.07. The Hall–Kier alpha value is -0.350. The van der Waals surface area contributed by atoms with Crippen LogP contribution in [0.3, 0.4) is 0 Å². The third-order valence-electron chi connectivity index (χ3n) is 1.41. The van der Waals surface area contributed by atoms with E-state index in [9.17, 15) is 4.79 Å². The Morgan fingerprint density at radius 3 is 2.75 bits per heavy atom. The van der Waals surface area contributed by atoms with Gasteiger partial charge in [0.05, 0.1) is 5.33 Å². The number of ketones is 1. The molecule has 1 aromatic carbocycles. The number of benzene rings is 1. The number of Topliss-reactive ketones (excluding diaryl/α,β-unsaturated/α-hetero) is 1. The zero-order valence-electron chi connectivity index (χ0n) is 6.18. The van der Waals surface area contributed by atoms with E-state index in [0.29, 0.717) is 16.6 Å². The van der Waals surface area contributed by atoms with E-state index in [1.165, 1.54) is 0 Å². The highest BCUT2D eigenvalue weighted by molar-refractivity contribution is 9.10. The predicted molar refractivity (Wildman–Crippen MR) is 56.7 cm³/mol. The Labute approximate surface area is 87.4 Å². The molecule has 0 spiro atoms. The number of nitrogens with two attached hydrogens (primary N) is 1. The van der Waals surface area contributed by atoms with Crippen molar-refractivity contribution in [1.82, 2.24) is 0 Å². The van der Waals surface area contributed by atoms with Crippen LogP contribution in [0.25, 0.3) is 0 Å². The predicted octanol–water partition coefficient (Wildman–Crippen LogP) is 2.61. The van der Waals surface area contributed by atoms with Gasteiger partial charge in [0.2, 0.25) is 0 Å². The van der Waals surface area contributed by atoms with Crippen LogP contribution in [0.4, 0.5) is 5.69 Å². The maximum Gasteiger partial charge on any atom is 0.174 e. The molecule has 1 aromatic rings. The van der Waals surface area contributed by atoms with Gasteiger partial charge in [0.15, 0.2) is 5.78 Å². The Bertz CT molecular complexity index is 312. The van der Waals surface area contributed by atoms with Gasteiger partial charge in [-0.15, -0.1) is 0 Å². The second kappa shape index (κ2) is 4.05. The Balaban J connectivity index is 3.13. The zero-order valence-corrected chi connectivity index (χ0v) is 9.35. The van der Waals surface area contributed by atoms with Crippen LogP contribution in [-0.4, -0.2) is 11.1 Å². The summed E-state index contributed by atoms with van der Waals surface area (Å²) in [6.45, 7) is 0. The molecule has 1 rings (SSSR count). The van der Waals surface area contributed by atoms with Crippen molar-refractivity contribution >= 4 is 43.3 Å². The first-order valence-electron chi connectivity index (χ1n) is 3.29. The highest BCUT2D eigenvalue weighted by Crippen LogP contribution is 2.20. The van der Waals surface area contributed by atoms with E-state index in [0.717, 1.165) is 4.47 Å². The number of carbonyl (C=O) groups excluding carboxylic acids is 1. The average Bonchev–Trinajstić information content (AvgIpc) is 2.08. The number of hydrogen-bond acceptors (Lipinski definition) is 2. The van der Waals surface area contributed by atoms with Crippen molar-refractivity contribution in [2.75, 3.05) is 11.1 Å². The lowest BCUT2D eigenvalue weighted by Gasteiger charge is -2.01. The molecule has 0 aliphatic heterocycles. The van der Waals surface area contributed by atoms with Crippen molar-refractivity contribution in [3.63, 3.8) is 0 Å². The second-order valence-electron chi connectivity index (χ2n) is 2.30. The summed E-state index contributed by atoms with van der Waals surface area (Å²) >= 11 is 6.37. The smallest absolute Gasteiger partial charge is 0.174 e. The van der Waals surface area contributed by atoms with Crippen LogP contribution >= 0.6 is 31.9 Å². The lowest BCUT2D eigenvalue weighted by Crippen LogP contribution is -2.01. The van der Waals surface area contributed by atoms with Crippen LogP contribution in [-0.2, 0) is 0 Å². The average molecular weight is 293 g/mol. The molecule has 0 aliphatic carbocycles. The second-order valence-corrected chi connectivity index (χ2v) is 3.71. The fraction of sp³-hybridized carbons (Fsp3) is 0.125. The molecule has 0 heterocycles. The van der Waals surface area contributed by atoms with Gasteiger partial charge >= 0.3 is 0 Å². The fourth-order valence-electron chi connectivity index (χ4n) is 0.829. The molecule has 4 heteroatoms. The molecule has 0 aliphatic rings. The lowest BCUT2D eigenvalue weighted by atomic mass is 10.1. The van der Waals surface area contributed by atoms with Crippen LogP contribution in [0.2, 0.25) is 0 Å². The van der Waals surface area contributed by atoms with E-state index in [4.69, 9.17) is 5.73 Å². The monoisotopic (exact) mass is 291 g/mol. The lowest BCUT2D eigenvalue weighted by molar-refractivity contribution is 0.102. The van der Waals surface area contributed by atoms with Crippen molar-refractivity contribution in [3.8, 4) is 0 Å². The summed E-state index contributed by atoms with van der Waals surface area (Å²) in [5.74, 6) is 0.0224. The van der Waals surface area contributed by atoms with E-state index in [1.807, 2.05) is 0 Å². The summed E-state index contributed by atoms with van der Waals surface area (Å²) in [4.78, 5) is 11.3. The number of carbonyl (C=O) groups is 1. The summed E-state index contributed by atoms with van der Waals surface area (Å²) in [6.07, 6.45) is 0. The van der Waals surface area contributed by atoms with Gasteiger partial charge in [-0.2, -0.15) is 0 Å². The standard InChI is InChI=1S/C8H7Br2NO/c9-4-8(12)6-3-5(11)1-2-7(6)10/h1-3H,4,11H2. The molecular formula is C8H7Br2NO. The highest BCUT2D eigenvalue weighted by atomic mass is 79.9. The number of halogens is 2. The minimum atomic E-state index is 0.0224. The maximum atomic E-state index is 11.3. The van der Waals surface area contributed by atoms with Gasteiger partial charge in [-0.3, -0.25) is 4.79 Å². The summed E-state index contributed by atoms with van der Waals surface area (Å²) in [5, 5.41) is 0.315. The first-order chi connectivity index (χ1) is 5.65. The topological polar surface area (TPSA) is 43.1 Å². The van der Waals surface area contributed by atoms with Gasteiger partial charge in [0, 0.05) is 15.7 Å². The molecule has 0 bridgehead atoms. The van der Waals surface area contributed by atoms with Crippen LogP contribution in [0.1, 0.15) is 10.4 Å². The van der Waals surface area contributed by atoms with Gasteiger partial charge in [-0.1, -0.05) is 31.9 Å². The first-order valence-corrected chi connectivity index (χ1v) is 5.21. The van der Waals surface area contributed by atoms with Crippen LogP contribution < -0.4 is 5.73 Å². The Kier molecular flexibility index (Phi) is 3.29. The van der Waals surface area contributed by atoms with Crippen molar-refractivity contribution in [2.24, 2.45) is 0 Å². The number of rotatable bonds is 2. The van der Waals surface area contributed by atoms with E-state index in [-0.39, 0.29) is 5.78 Å². The molecule has 0 unspecified atom stereocenters. The van der Waals surface area contributed by atoms with Crippen molar-refractivity contribution < 1.29 is 4.79 Å². The van der Waals surface area contributed by atoms with Crippen molar-refractivity contribution in [1.29, 1.82) is 0 Å². The normalized spacial score (nSPS) is 9.83. The molecule has 0 saturated heterocycles. The molecule has 0 saturated carbocycles. The number of anilines is 1. The molecule has 12 heavy (non-hydrogen) atoms. The van der Waals surface area contributed by atoms with Gasteiger partial charge in [-0.25, -0.2) is 0 Å². The number of nitrogen functional groups attached to an aromatic ring is 1. The molecular weight excluding hydrogens is 286 g/mol. The van der Waals surface area contributed by atoms with Gasteiger partial charge < -0.3 is 5.73 Å². The Morgan fingerprint density at radius 2 is 2.17 bits per heavy atom. The molecule has 0 amide bonds. The quantitative estimate of drug-likeness (QED) is 0.517. The zero-order chi connectivity index (χ0) is 9.14. The minimum absolute atomic E-state index is 0.0224. The first kappa shape index (κ1) is 9.74. The van der Waals surface area contributed by atoms with E-state index in [1.54, 1.807) is 18.2 Å². The Morgan fingerprint density at radius 1 is 1.50 bits per heavy atom. The molecule has 2 N–H and O–H groups in total. The van der Waals surface area contributed by atoms with Crippen molar-refractivity contribution in [3.05, 3.63) is 28.2 Å². The molecule has 0 radical (unpaired) electrons. The van der Waals surface area contributed by atoms with Crippen LogP contribution in [0.5, 0.6) is 0 Å². The van der Waals surface area contributed by atoms with E-state index in [2.05, 4.69) is 31.9 Å². The van der Waals surface area contributed by atoms with Gasteiger partial charge in [0.25, 0.3) is 0 Å². The van der Waals surface area contributed by atoms with Crippen molar-refractivity contribution in [2.45, 2.75) is 0 Å². The van der Waals surface area contributed by atoms with Gasteiger partial charge in [0.1, 0.15) is 0 Å². The molecule has 0 atom stereocenters. The number of alkyl halides is 1. The summed E-state index contributed by atoms with van der Waals surface area (Å²) in [5.41, 5.74) is 6.75. The minimum Gasteiger partial charge on any atom is -0.399 e. The molecule has 0 aromatic heterocycles. The van der Waals surface area contributed by atoms with E-state index >= 15 is 0 Å². The summed E-state index contributed by atoms with van der Waals surface area (Å²) < 4.78 is 0.779. The van der Waals surface area contributed by atoms with Crippen LogP contribution in [0, 0.1) is 0 Å². The maximum absolute atomic E-state index is 11.3. The summed E-state index contributed by atoms with van der Waals surface area (Å²) in [6, 6.07) is 5.17. The third-order valence-corrected chi connectivity index (χ3v) is 2.61. The van der Waals surface area contributed by atoms with E-state index < -0.39 is 0 Å². The fourth-order valence-corrected chi connectivity index (χ4v) is 1.60. The SMILES string of the molecule is Nc1ccc(Br)c(C(=O)CBr)c1. The third kappa shape index (κ3) is 2.08. The molecule has 0 fully saturated rings. The van der Waals surface area contributed by atoms with Gasteiger partial charge in [-0.05, 0) is 18.2 Å².